The molecule has 0 amide bonds. The monoisotopic (exact) mass is 182 g/mol. The molecule has 0 fully saturated rings. The van der Waals surface area contributed by atoms with E-state index in [4.69, 9.17) is 4.74 Å². The average Bonchev–Trinajstić information content (AvgIpc) is 2.16. The second-order valence-corrected chi connectivity index (χ2v) is 2.62. The van der Waals surface area contributed by atoms with E-state index in [9.17, 15) is 9.18 Å². The van der Waals surface area contributed by atoms with Crippen LogP contribution in [-0.4, -0.2) is 12.9 Å². The molecule has 70 valence electrons. The van der Waals surface area contributed by atoms with E-state index < -0.39 is 5.82 Å². The van der Waals surface area contributed by atoms with Crippen LogP contribution in [0.1, 0.15) is 23.7 Å². The van der Waals surface area contributed by atoms with Gasteiger partial charge in [-0.25, -0.2) is 4.39 Å². The van der Waals surface area contributed by atoms with Gasteiger partial charge in [-0.2, -0.15) is 0 Å². The maximum absolute atomic E-state index is 13.2. The smallest absolute Gasteiger partial charge is 0.165 e. The molecule has 0 aromatic heterocycles. The summed E-state index contributed by atoms with van der Waals surface area (Å²) in [6, 6.07) is 4.23. The van der Waals surface area contributed by atoms with E-state index in [1.165, 1.54) is 19.2 Å². The van der Waals surface area contributed by atoms with E-state index >= 15 is 0 Å². The molecule has 1 rings (SSSR count). The molecule has 0 aliphatic heterocycles. The highest BCUT2D eigenvalue weighted by Gasteiger charge is 2.09. The van der Waals surface area contributed by atoms with Crippen LogP contribution in [0.5, 0.6) is 5.75 Å². The fourth-order valence-corrected chi connectivity index (χ4v) is 1.04. The first kappa shape index (κ1) is 9.71. The standard InChI is InChI=1S/C10H11FO2/c1-3-10(12)8-5-4-7(13-2)6-9(8)11/h4-6H,3H2,1-2H3. The molecule has 0 spiro atoms. The maximum atomic E-state index is 13.2. The Bertz CT molecular complexity index is 321. The topological polar surface area (TPSA) is 26.3 Å². The van der Waals surface area contributed by atoms with Gasteiger partial charge >= 0.3 is 0 Å². The molecule has 0 aliphatic carbocycles. The van der Waals surface area contributed by atoms with Gasteiger partial charge < -0.3 is 4.74 Å². The van der Waals surface area contributed by atoms with Crippen molar-refractivity contribution in [1.29, 1.82) is 0 Å². The summed E-state index contributed by atoms with van der Waals surface area (Å²) in [5, 5.41) is 0. The molecule has 0 saturated heterocycles. The van der Waals surface area contributed by atoms with Crippen LogP contribution in [0, 0.1) is 5.82 Å². The Morgan fingerprint density at radius 2 is 2.23 bits per heavy atom. The Morgan fingerprint density at radius 1 is 1.54 bits per heavy atom. The number of halogens is 1. The summed E-state index contributed by atoms with van der Waals surface area (Å²) in [7, 11) is 1.45. The fraction of sp³-hybridized carbons (Fsp3) is 0.300. The quantitative estimate of drug-likeness (QED) is 0.671. The van der Waals surface area contributed by atoms with E-state index in [1.54, 1.807) is 13.0 Å². The first-order chi connectivity index (χ1) is 6.19. The third-order valence-corrected chi connectivity index (χ3v) is 1.80. The van der Waals surface area contributed by atoms with Crippen LogP contribution in [0.25, 0.3) is 0 Å². The lowest BCUT2D eigenvalue weighted by molar-refractivity contribution is 0.0984. The Balaban J connectivity index is 3.05. The summed E-state index contributed by atoms with van der Waals surface area (Å²) in [5.74, 6) is -0.295. The summed E-state index contributed by atoms with van der Waals surface area (Å²) in [4.78, 5) is 11.2. The molecule has 0 radical (unpaired) electrons. The summed E-state index contributed by atoms with van der Waals surface area (Å²) < 4.78 is 18.0. The SMILES string of the molecule is CCC(=O)c1ccc(OC)cc1F. The summed E-state index contributed by atoms with van der Waals surface area (Å²) in [6.07, 6.45) is 0.309. The molecule has 13 heavy (non-hydrogen) atoms. The Labute approximate surface area is 76.3 Å². The number of ketones is 1. The van der Waals surface area contributed by atoms with Gasteiger partial charge in [-0.1, -0.05) is 6.92 Å². The summed E-state index contributed by atoms with van der Waals surface area (Å²) in [5.41, 5.74) is 0.128. The number of carbonyl (C=O) groups is 1. The van der Waals surface area contributed by atoms with E-state index in [0.717, 1.165) is 0 Å². The average molecular weight is 182 g/mol. The highest BCUT2D eigenvalue weighted by molar-refractivity contribution is 5.96. The third-order valence-electron chi connectivity index (χ3n) is 1.80. The van der Waals surface area contributed by atoms with Crippen molar-refractivity contribution in [3.8, 4) is 5.75 Å². The number of carbonyl (C=O) groups excluding carboxylic acids is 1. The van der Waals surface area contributed by atoms with Crippen LogP contribution in [0.2, 0.25) is 0 Å². The molecule has 0 heterocycles. The predicted octanol–water partition coefficient (Wildman–Crippen LogP) is 2.43. The van der Waals surface area contributed by atoms with Gasteiger partial charge in [-0.3, -0.25) is 4.79 Å². The zero-order chi connectivity index (χ0) is 9.84. The summed E-state index contributed by atoms with van der Waals surface area (Å²) >= 11 is 0. The zero-order valence-corrected chi connectivity index (χ0v) is 7.63. The summed E-state index contributed by atoms with van der Waals surface area (Å²) in [6.45, 7) is 1.70. The van der Waals surface area contributed by atoms with Crippen LogP contribution < -0.4 is 4.74 Å². The van der Waals surface area contributed by atoms with Crippen LogP contribution >= 0.6 is 0 Å². The molecule has 0 aliphatic rings. The molecular weight excluding hydrogens is 171 g/mol. The lowest BCUT2D eigenvalue weighted by Crippen LogP contribution is -2.00. The van der Waals surface area contributed by atoms with E-state index in [1.807, 2.05) is 0 Å². The third kappa shape index (κ3) is 2.05. The van der Waals surface area contributed by atoms with Gasteiger partial charge in [0.25, 0.3) is 0 Å². The predicted molar refractivity (Wildman–Crippen MR) is 47.6 cm³/mol. The molecule has 0 unspecified atom stereocenters. The Morgan fingerprint density at radius 3 is 2.69 bits per heavy atom. The first-order valence-electron chi connectivity index (χ1n) is 4.05. The fourth-order valence-electron chi connectivity index (χ4n) is 1.04. The van der Waals surface area contributed by atoms with Crippen molar-refractivity contribution in [2.75, 3.05) is 7.11 Å². The molecule has 2 nitrogen and oxygen atoms in total. The van der Waals surface area contributed by atoms with Crippen molar-refractivity contribution in [3.05, 3.63) is 29.6 Å². The highest BCUT2D eigenvalue weighted by Crippen LogP contribution is 2.17. The van der Waals surface area contributed by atoms with Gasteiger partial charge in [0, 0.05) is 12.5 Å². The van der Waals surface area contributed by atoms with Gasteiger partial charge in [0.2, 0.25) is 0 Å². The van der Waals surface area contributed by atoms with Crippen LogP contribution in [0.15, 0.2) is 18.2 Å². The Hall–Kier alpha value is -1.38. The first-order valence-corrected chi connectivity index (χ1v) is 4.05. The highest BCUT2D eigenvalue weighted by atomic mass is 19.1. The number of hydrogen-bond donors (Lipinski definition) is 0. The van der Waals surface area contributed by atoms with Gasteiger partial charge in [-0.15, -0.1) is 0 Å². The van der Waals surface area contributed by atoms with Crippen molar-refractivity contribution in [3.63, 3.8) is 0 Å². The Kier molecular flexibility index (Phi) is 3.01. The van der Waals surface area contributed by atoms with Crippen molar-refractivity contribution >= 4 is 5.78 Å². The lowest BCUT2D eigenvalue weighted by atomic mass is 10.1. The number of methoxy groups -OCH3 is 1. The minimum absolute atomic E-state index is 0.128. The normalized spacial score (nSPS) is 9.77. The largest absolute Gasteiger partial charge is 0.497 e. The van der Waals surface area contributed by atoms with E-state index in [-0.39, 0.29) is 11.3 Å². The molecule has 1 aromatic carbocycles. The van der Waals surface area contributed by atoms with E-state index in [0.29, 0.717) is 12.2 Å². The second-order valence-electron chi connectivity index (χ2n) is 2.62. The van der Waals surface area contributed by atoms with Crippen molar-refractivity contribution in [2.45, 2.75) is 13.3 Å². The van der Waals surface area contributed by atoms with Gasteiger partial charge in [0.1, 0.15) is 11.6 Å². The van der Waals surface area contributed by atoms with Crippen molar-refractivity contribution in [1.82, 2.24) is 0 Å². The molecule has 1 aromatic rings. The molecule has 0 N–H and O–H groups in total. The van der Waals surface area contributed by atoms with Crippen molar-refractivity contribution in [2.24, 2.45) is 0 Å². The molecule has 0 atom stereocenters. The molecule has 3 heteroatoms. The number of Topliss-reactive ketones (excluding diaryl/α,β-unsaturated/α-hetero) is 1. The zero-order valence-electron chi connectivity index (χ0n) is 7.63. The van der Waals surface area contributed by atoms with Gasteiger partial charge in [-0.05, 0) is 12.1 Å². The van der Waals surface area contributed by atoms with Crippen LogP contribution in [0.3, 0.4) is 0 Å². The van der Waals surface area contributed by atoms with E-state index in [2.05, 4.69) is 0 Å². The second kappa shape index (κ2) is 4.03. The minimum Gasteiger partial charge on any atom is -0.497 e. The van der Waals surface area contributed by atoms with Crippen LogP contribution in [-0.2, 0) is 0 Å². The van der Waals surface area contributed by atoms with Gasteiger partial charge in [0.15, 0.2) is 5.78 Å². The minimum atomic E-state index is -0.522. The van der Waals surface area contributed by atoms with Crippen LogP contribution in [0.4, 0.5) is 4.39 Å². The number of ether oxygens (including phenoxy) is 1. The molecule has 0 bridgehead atoms. The molecular formula is C10H11FO2. The lowest BCUT2D eigenvalue weighted by Gasteiger charge is -2.02. The van der Waals surface area contributed by atoms with Crippen molar-refractivity contribution < 1.29 is 13.9 Å². The number of benzene rings is 1. The number of hydrogen-bond acceptors (Lipinski definition) is 2. The maximum Gasteiger partial charge on any atom is 0.165 e. The van der Waals surface area contributed by atoms with Gasteiger partial charge in [0.05, 0.1) is 12.7 Å². The number of rotatable bonds is 3. The molecule has 0 saturated carbocycles.